The normalized spacial score (nSPS) is 24.6. The lowest BCUT2D eigenvalue weighted by Gasteiger charge is -2.31. The minimum atomic E-state index is -4.86. The average molecular weight is 545 g/mol. The number of halogens is 4. The van der Waals surface area contributed by atoms with Crippen LogP contribution in [-0.2, 0) is 16.3 Å². The maximum absolute atomic E-state index is 13.8. The standard InChI is InChI=1S/C29H32F4N4O2/c30-25-7-6-22(17-23(25)29(31,32)33)35-27(38)37(11-2-1-10-36-12-14-39-15-13-36)26-8-9-28(18-24(26)28)21-5-3-4-20(16-21)19-34/h3-7,16-17,24,26H,1-2,8-15,18H2,(H,35,38)/t24-,26-,28-/m1/s1. The molecule has 2 aliphatic carbocycles. The summed E-state index contributed by atoms with van der Waals surface area (Å²) in [7, 11) is 0. The van der Waals surface area contributed by atoms with E-state index in [2.05, 4.69) is 16.3 Å². The van der Waals surface area contributed by atoms with Gasteiger partial charge in [0.1, 0.15) is 5.82 Å². The summed E-state index contributed by atoms with van der Waals surface area (Å²) >= 11 is 0. The molecule has 3 atom stereocenters. The summed E-state index contributed by atoms with van der Waals surface area (Å²) < 4.78 is 59.0. The van der Waals surface area contributed by atoms with Gasteiger partial charge in [-0.2, -0.15) is 18.4 Å². The quantitative estimate of drug-likeness (QED) is 0.338. The highest BCUT2D eigenvalue weighted by Crippen LogP contribution is 2.65. The van der Waals surface area contributed by atoms with Gasteiger partial charge in [-0.05, 0) is 80.5 Å². The molecule has 2 aromatic rings. The van der Waals surface area contributed by atoms with Gasteiger partial charge in [0.25, 0.3) is 0 Å². The van der Waals surface area contributed by atoms with Crippen LogP contribution in [0.5, 0.6) is 0 Å². The number of amides is 2. The molecule has 0 aromatic heterocycles. The molecule has 6 nitrogen and oxygen atoms in total. The molecule has 2 saturated carbocycles. The molecule has 39 heavy (non-hydrogen) atoms. The lowest BCUT2D eigenvalue weighted by molar-refractivity contribution is -0.139. The molecule has 0 bridgehead atoms. The third-order valence-electron chi connectivity index (χ3n) is 8.46. The smallest absolute Gasteiger partial charge is 0.379 e. The lowest BCUT2D eigenvalue weighted by Crippen LogP contribution is -2.44. The van der Waals surface area contributed by atoms with Crippen LogP contribution in [0.25, 0.3) is 0 Å². The number of anilines is 1. The summed E-state index contributed by atoms with van der Waals surface area (Å²) in [5.74, 6) is -1.16. The van der Waals surface area contributed by atoms with Crippen molar-refractivity contribution >= 4 is 11.7 Å². The van der Waals surface area contributed by atoms with Crippen molar-refractivity contribution in [3.8, 4) is 6.07 Å². The van der Waals surface area contributed by atoms with Gasteiger partial charge in [-0.25, -0.2) is 9.18 Å². The number of nitrogens with one attached hydrogen (secondary N) is 1. The van der Waals surface area contributed by atoms with Crippen LogP contribution >= 0.6 is 0 Å². The van der Waals surface area contributed by atoms with Crippen molar-refractivity contribution in [2.24, 2.45) is 5.92 Å². The van der Waals surface area contributed by atoms with E-state index < -0.39 is 23.6 Å². The van der Waals surface area contributed by atoms with Crippen LogP contribution < -0.4 is 5.32 Å². The Hall–Kier alpha value is -3.16. The monoisotopic (exact) mass is 544 g/mol. The average Bonchev–Trinajstić information content (AvgIpc) is 3.56. The highest BCUT2D eigenvalue weighted by molar-refractivity contribution is 5.89. The van der Waals surface area contributed by atoms with E-state index in [9.17, 15) is 27.6 Å². The number of ether oxygens (including phenoxy) is 1. The van der Waals surface area contributed by atoms with Crippen molar-refractivity contribution in [1.82, 2.24) is 9.80 Å². The molecule has 1 heterocycles. The molecule has 2 amide bonds. The molecule has 1 N–H and O–H groups in total. The summed E-state index contributed by atoms with van der Waals surface area (Å²) in [5.41, 5.74) is 0.134. The zero-order valence-corrected chi connectivity index (χ0v) is 21.6. The van der Waals surface area contributed by atoms with Gasteiger partial charge in [0.2, 0.25) is 0 Å². The van der Waals surface area contributed by atoms with Gasteiger partial charge in [-0.15, -0.1) is 0 Å². The fourth-order valence-corrected chi connectivity index (χ4v) is 6.36. The number of unbranched alkanes of at least 4 members (excludes halogenated alkanes) is 1. The number of fused-ring (bicyclic) bond motifs is 1. The Balaban J connectivity index is 1.31. The predicted octanol–water partition coefficient (Wildman–Crippen LogP) is 5.78. The van der Waals surface area contributed by atoms with Crippen LogP contribution in [0.4, 0.5) is 28.0 Å². The predicted molar refractivity (Wildman–Crippen MR) is 138 cm³/mol. The zero-order valence-electron chi connectivity index (χ0n) is 21.6. The number of benzene rings is 2. The molecule has 0 radical (unpaired) electrons. The zero-order chi connectivity index (χ0) is 27.6. The van der Waals surface area contributed by atoms with Crippen molar-refractivity contribution in [2.45, 2.75) is 49.7 Å². The first-order valence-corrected chi connectivity index (χ1v) is 13.5. The molecule has 0 unspecified atom stereocenters. The molecule has 5 rings (SSSR count). The van der Waals surface area contributed by atoms with Crippen LogP contribution in [0.2, 0.25) is 0 Å². The first-order valence-electron chi connectivity index (χ1n) is 13.5. The molecule has 3 fully saturated rings. The Morgan fingerprint density at radius 2 is 1.97 bits per heavy atom. The van der Waals surface area contributed by atoms with Crippen LogP contribution in [0.1, 0.15) is 48.8 Å². The fraction of sp³-hybridized carbons (Fsp3) is 0.517. The van der Waals surface area contributed by atoms with Gasteiger partial charge in [0.05, 0.1) is 30.4 Å². The number of alkyl halides is 3. The first-order chi connectivity index (χ1) is 18.7. The number of urea groups is 1. The second-order valence-electron chi connectivity index (χ2n) is 10.7. The number of carbonyl (C=O) groups is 1. The Kier molecular flexibility index (Phi) is 7.83. The number of hydrogen-bond acceptors (Lipinski definition) is 4. The van der Waals surface area contributed by atoms with E-state index in [4.69, 9.17) is 4.74 Å². The van der Waals surface area contributed by atoms with Gasteiger partial charge >= 0.3 is 12.2 Å². The number of nitrogens with zero attached hydrogens (tertiary/aromatic N) is 3. The van der Waals surface area contributed by atoms with Crippen LogP contribution in [0.3, 0.4) is 0 Å². The summed E-state index contributed by atoms with van der Waals surface area (Å²) in [4.78, 5) is 17.6. The van der Waals surface area contributed by atoms with Gasteiger partial charge in [0, 0.05) is 36.8 Å². The molecule has 1 aliphatic heterocycles. The van der Waals surface area contributed by atoms with E-state index in [1.807, 2.05) is 18.2 Å². The Labute approximate surface area is 225 Å². The van der Waals surface area contributed by atoms with Gasteiger partial charge in [-0.3, -0.25) is 4.90 Å². The molecular weight excluding hydrogens is 512 g/mol. The number of morpholine rings is 1. The third-order valence-corrected chi connectivity index (χ3v) is 8.46. The Morgan fingerprint density at radius 3 is 2.69 bits per heavy atom. The largest absolute Gasteiger partial charge is 0.419 e. The number of carbonyl (C=O) groups excluding carboxylic acids is 1. The van der Waals surface area contributed by atoms with Crippen LogP contribution in [-0.4, -0.2) is 61.3 Å². The highest BCUT2D eigenvalue weighted by Gasteiger charge is 2.64. The molecular formula is C29H32F4N4O2. The first kappa shape index (κ1) is 27.4. The van der Waals surface area contributed by atoms with E-state index in [0.29, 0.717) is 31.4 Å². The topological polar surface area (TPSA) is 68.6 Å². The molecule has 2 aromatic carbocycles. The lowest BCUT2D eigenvalue weighted by atomic mass is 9.92. The SMILES string of the molecule is N#Cc1cccc([C@]23CC[C@@H](N(CCCCN4CCOCC4)C(=O)Nc4ccc(F)c(C(F)(F)F)c4)[C@H]2C3)c1. The second kappa shape index (κ2) is 11.1. The van der Waals surface area contributed by atoms with Crippen molar-refractivity contribution in [2.75, 3.05) is 44.7 Å². The van der Waals surface area contributed by atoms with Gasteiger partial charge < -0.3 is 15.0 Å². The molecule has 0 spiro atoms. The summed E-state index contributed by atoms with van der Waals surface area (Å²) in [6, 6.07) is 11.8. The Bertz CT molecular complexity index is 1240. The number of nitriles is 1. The van der Waals surface area contributed by atoms with Crippen molar-refractivity contribution in [1.29, 1.82) is 5.26 Å². The summed E-state index contributed by atoms with van der Waals surface area (Å²) in [5, 5.41) is 12.0. The molecule has 3 aliphatic rings. The highest BCUT2D eigenvalue weighted by atomic mass is 19.4. The van der Waals surface area contributed by atoms with E-state index in [0.717, 1.165) is 69.4 Å². The van der Waals surface area contributed by atoms with Gasteiger partial charge in [-0.1, -0.05) is 12.1 Å². The van der Waals surface area contributed by atoms with Crippen molar-refractivity contribution in [3.05, 3.63) is 65.0 Å². The van der Waals surface area contributed by atoms with Crippen molar-refractivity contribution < 1.29 is 27.1 Å². The third kappa shape index (κ3) is 5.89. The minimum Gasteiger partial charge on any atom is -0.379 e. The van der Waals surface area contributed by atoms with E-state index >= 15 is 0 Å². The molecule has 1 saturated heterocycles. The van der Waals surface area contributed by atoms with E-state index in [1.54, 1.807) is 11.0 Å². The van der Waals surface area contributed by atoms with Crippen molar-refractivity contribution in [3.63, 3.8) is 0 Å². The van der Waals surface area contributed by atoms with Crippen LogP contribution in [0.15, 0.2) is 42.5 Å². The fourth-order valence-electron chi connectivity index (χ4n) is 6.36. The van der Waals surface area contributed by atoms with E-state index in [1.165, 1.54) is 0 Å². The van der Waals surface area contributed by atoms with Gasteiger partial charge in [0.15, 0.2) is 0 Å². The second-order valence-corrected chi connectivity index (χ2v) is 10.7. The summed E-state index contributed by atoms with van der Waals surface area (Å²) in [6.45, 7) is 4.55. The number of rotatable bonds is 8. The number of hydrogen-bond donors (Lipinski definition) is 1. The van der Waals surface area contributed by atoms with E-state index in [-0.39, 0.29) is 23.1 Å². The maximum Gasteiger partial charge on any atom is 0.419 e. The minimum absolute atomic E-state index is 0.0679. The summed E-state index contributed by atoms with van der Waals surface area (Å²) in [6.07, 6.45) is -0.674. The van der Waals surface area contributed by atoms with Crippen LogP contribution in [0, 0.1) is 23.1 Å². The molecule has 10 heteroatoms. The Morgan fingerprint density at radius 1 is 1.18 bits per heavy atom. The maximum atomic E-state index is 13.8. The molecule has 208 valence electrons.